The third kappa shape index (κ3) is 5.74. The van der Waals surface area contributed by atoms with E-state index in [1.54, 1.807) is 42.5 Å². The van der Waals surface area contributed by atoms with Crippen LogP contribution in [0.5, 0.6) is 11.5 Å². The van der Waals surface area contributed by atoms with Gasteiger partial charge in [0, 0.05) is 0 Å². The van der Waals surface area contributed by atoms with Crippen molar-refractivity contribution in [1.29, 1.82) is 0 Å². The zero-order valence-corrected chi connectivity index (χ0v) is 16.2. The maximum absolute atomic E-state index is 12.2. The first-order valence-corrected chi connectivity index (χ1v) is 8.45. The monoisotopic (exact) mass is 372 g/mol. The zero-order chi connectivity index (χ0) is 20.0. The van der Waals surface area contributed by atoms with Crippen LogP contribution in [0.4, 0.5) is 0 Å². The fourth-order valence-electron chi connectivity index (χ4n) is 2.33. The standard InChI is InChI=1S/C21H24O6/c1-21(2,3)27-19(22)15-7-6-8-16(12-15)26-13-14-9-10-18(24-4)17(11-14)20(23)25-5/h6-12H,13H2,1-5H3. The first-order chi connectivity index (χ1) is 12.7. The molecule has 2 aromatic rings. The lowest BCUT2D eigenvalue weighted by atomic mass is 10.1. The molecule has 0 aliphatic rings. The highest BCUT2D eigenvalue weighted by Crippen LogP contribution is 2.23. The summed E-state index contributed by atoms with van der Waals surface area (Å²) in [5, 5.41) is 0. The largest absolute Gasteiger partial charge is 0.496 e. The van der Waals surface area contributed by atoms with Crippen molar-refractivity contribution in [1.82, 2.24) is 0 Å². The molecule has 144 valence electrons. The normalized spacial score (nSPS) is 10.9. The van der Waals surface area contributed by atoms with E-state index >= 15 is 0 Å². The molecule has 0 aromatic heterocycles. The molecule has 2 rings (SSSR count). The predicted octanol–water partition coefficient (Wildman–Crippen LogP) is 4.02. The molecule has 0 N–H and O–H groups in total. The second kappa shape index (κ2) is 8.58. The van der Waals surface area contributed by atoms with Gasteiger partial charge in [0.1, 0.15) is 29.3 Å². The second-order valence-corrected chi connectivity index (χ2v) is 6.84. The van der Waals surface area contributed by atoms with E-state index in [2.05, 4.69) is 0 Å². The van der Waals surface area contributed by atoms with Gasteiger partial charge in [-0.25, -0.2) is 9.59 Å². The van der Waals surface area contributed by atoms with Crippen LogP contribution in [0, 0.1) is 0 Å². The molecule has 0 spiro atoms. The first-order valence-electron chi connectivity index (χ1n) is 8.45. The van der Waals surface area contributed by atoms with Crippen molar-refractivity contribution in [2.24, 2.45) is 0 Å². The molecule has 0 saturated heterocycles. The van der Waals surface area contributed by atoms with E-state index < -0.39 is 17.5 Å². The minimum atomic E-state index is -0.568. The van der Waals surface area contributed by atoms with Gasteiger partial charge in [-0.3, -0.25) is 0 Å². The Morgan fingerprint density at radius 2 is 1.70 bits per heavy atom. The van der Waals surface area contributed by atoms with Gasteiger partial charge in [0.15, 0.2) is 0 Å². The summed E-state index contributed by atoms with van der Waals surface area (Å²) < 4.78 is 21.1. The van der Waals surface area contributed by atoms with Crippen molar-refractivity contribution in [2.75, 3.05) is 14.2 Å². The van der Waals surface area contributed by atoms with Crippen molar-refractivity contribution < 1.29 is 28.5 Å². The molecule has 0 aliphatic heterocycles. The smallest absolute Gasteiger partial charge is 0.341 e. The fourth-order valence-corrected chi connectivity index (χ4v) is 2.33. The number of hydrogen-bond acceptors (Lipinski definition) is 6. The highest BCUT2D eigenvalue weighted by atomic mass is 16.6. The Hall–Kier alpha value is -3.02. The lowest BCUT2D eigenvalue weighted by molar-refractivity contribution is 0.00688. The van der Waals surface area contributed by atoms with Gasteiger partial charge >= 0.3 is 11.9 Å². The molecular weight excluding hydrogens is 348 g/mol. The van der Waals surface area contributed by atoms with Crippen molar-refractivity contribution in [3.05, 3.63) is 59.2 Å². The minimum Gasteiger partial charge on any atom is -0.496 e. The van der Waals surface area contributed by atoms with E-state index in [-0.39, 0.29) is 6.61 Å². The zero-order valence-electron chi connectivity index (χ0n) is 16.2. The highest BCUT2D eigenvalue weighted by molar-refractivity contribution is 5.92. The average molecular weight is 372 g/mol. The van der Waals surface area contributed by atoms with Gasteiger partial charge in [-0.15, -0.1) is 0 Å². The summed E-state index contributed by atoms with van der Waals surface area (Å²) in [5.74, 6) is 0.0531. The number of esters is 2. The number of carbonyl (C=O) groups excluding carboxylic acids is 2. The number of carbonyl (C=O) groups is 2. The van der Waals surface area contributed by atoms with E-state index in [1.807, 2.05) is 20.8 Å². The summed E-state index contributed by atoms with van der Waals surface area (Å²) in [6, 6.07) is 11.9. The van der Waals surface area contributed by atoms with Gasteiger partial charge in [-0.05, 0) is 56.7 Å². The third-order valence-corrected chi connectivity index (χ3v) is 3.54. The molecule has 2 aromatic carbocycles. The van der Waals surface area contributed by atoms with Crippen LogP contribution in [-0.4, -0.2) is 31.8 Å². The number of rotatable bonds is 6. The molecule has 6 nitrogen and oxygen atoms in total. The van der Waals surface area contributed by atoms with E-state index in [4.69, 9.17) is 18.9 Å². The Morgan fingerprint density at radius 1 is 0.963 bits per heavy atom. The number of hydrogen-bond donors (Lipinski definition) is 0. The number of ether oxygens (including phenoxy) is 4. The van der Waals surface area contributed by atoms with Crippen molar-refractivity contribution in [3.63, 3.8) is 0 Å². The molecular formula is C21H24O6. The van der Waals surface area contributed by atoms with Crippen LogP contribution < -0.4 is 9.47 Å². The Balaban J connectivity index is 2.12. The van der Waals surface area contributed by atoms with Crippen LogP contribution in [-0.2, 0) is 16.1 Å². The van der Waals surface area contributed by atoms with Crippen LogP contribution in [0.25, 0.3) is 0 Å². The van der Waals surface area contributed by atoms with Gasteiger partial charge in [0.05, 0.1) is 19.8 Å². The number of benzene rings is 2. The van der Waals surface area contributed by atoms with Gasteiger partial charge in [-0.2, -0.15) is 0 Å². The summed E-state index contributed by atoms with van der Waals surface area (Å²) in [6.45, 7) is 5.65. The molecule has 0 amide bonds. The molecule has 6 heteroatoms. The lowest BCUT2D eigenvalue weighted by Crippen LogP contribution is -2.23. The topological polar surface area (TPSA) is 71.1 Å². The maximum atomic E-state index is 12.2. The van der Waals surface area contributed by atoms with Crippen LogP contribution in [0.1, 0.15) is 47.1 Å². The molecule has 0 saturated carbocycles. The molecule has 0 heterocycles. The minimum absolute atomic E-state index is 0.214. The predicted molar refractivity (Wildman–Crippen MR) is 100 cm³/mol. The lowest BCUT2D eigenvalue weighted by Gasteiger charge is -2.19. The third-order valence-electron chi connectivity index (χ3n) is 3.54. The fraction of sp³-hybridized carbons (Fsp3) is 0.333. The van der Waals surface area contributed by atoms with E-state index in [0.717, 1.165) is 5.56 Å². The van der Waals surface area contributed by atoms with Crippen molar-refractivity contribution >= 4 is 11.9 Å². The van der Waals surface area contributed by atoms with Gasteiger partial charge in [0.25, 0.3) is 0 Å². The summed E-state index contributed by atoms with van der Waals surface area (Å²) in [4.78, 5) is 24.0. The molecule has 27 heavy (non-hydrogen) atoms. The average Bonchev–Trinajstić information content (AvgIpc) is 2.64. The van der Waals surface area contributed by atoms with Crippen LogP contribution in [0.15, 0.2) is 42.5 Å². The Morgan fingerprint density at radius 3 is 2.33 bits per heavy atom. The Bertz CT molecular complexity index is 820. The molecule has 0 unspecified atom stereocenters. The first kappa shape index (κ1) is 20.3. The maximum Gasteiger partial charge on any atom is 0.341 e. The van der Waals surface area contributed by atoms with Crippen molar-refractivity contribution in [3.8, 4) is 11.5 Å². The summed E-state index contributed by atoms with van der Waals surface area (Å²) in [5.41, 5.74) is 0.927. The number of methoxy groups -OCH3 is 2. The van der Waals surface area contributed by atoms with Gasteiger partial charge in [-0.1, -0.05) is 12.1 Å². The molecule has 0 aliphatic carbocycles. The van der Waals surface area contributed by atoms with E-state index in [1.165, 1.54) is 14.2 Å². The molecule has 0 fully saturated rings. The summed E-state index contributed by atoms with van der Waals surface area (Å²) in [7, 11) is 2.80. The SMILES string of the molecule is COC(=O)c1cc(COc2cccc(C(=O)OC(C)(C)C)c2)ccc1OC. The Kier molecular flexibility index (Phi) is 6.45. The summed E-state index contributed by atoms with van der Waals surface area (Å²) in [6.07, 6.45) is 0. The summed E-state index contributed by atoms with van der Waals surface area (Å²) >= 11 is 0. The molecule has 0 radical (unpaired) electrons. The van der Waals surface area contributed by atoms with E-state index in [9.17, 15) is 9.59 Å². The second-order valence-electron chi connectivity index (χ2n) is 6.84. The molecule has 0 atom stereocenters. The van der Waals surface area contributed by atoms with Gasteiger partial charge < -0.3 is 18.9 Å². The van der Waals surface area contributed by atoms with Crippen LogP contribution >= 0.6 is 0 Å². The van der Waals surface area contributed by atoms with Crippen LogP contribution in [0.3, 0.4) is 0 Å². The quantitative estimate of drug-likeness (QED) is 0.714. The van der Waals surface area contributed by atoms with Crippen molar-refractivity contribution in [2.45, 2.75) is 33.0 Å². The van der Waals surface area contributed by atoms with E-state index in [0.29, 0.717) is 22.6 Å². The van der Waals surface area contributed by atoms with Gasteiger partial charge in [0.2, 0.25) is 0 Å². The molecule has 0 bridgehead atoms. The Labute approximate surface area is 159 Å². The van der Waals surface area contributed by atoms with Crippen LogP contribution in [0.2, 0.25) is 0 Å². The highest BCUT2D eigenvalue weighted by Gasteiger charge is 2.18.